The molecule has 0 amide bonds. The Morgan fingerprint density at radius 1 is 1.12 bits per heavy atom. The summed E-state index contributed by atoms with van der Waals surface area (Å²) in [5.41, 5.74) is 0.00535. The molecule has 0 aliphatic heterocycles. The lowest BCUT2D eigenvalue weighted by atomic mass is 10.2. The molecule has 0 unspecified atom stereocenters. The van der Waals surface area contributed by atoms with Gasteiger partial charge in [0.25, 0.3) is 0 Å². The second-order valence-electron chi connectivity index (χ2n) is 3.78. The first-order valence-corrected chi connectivity index (χ1v) is 5.20. The maximum absolute atomic E-state index is 13.1. The molecule has 0 radical (unpaired) electrons. The van der Waals surface area contributed by atoms with Gasteiger partial charge in [-0.3, -0.25) is 0 Å². The molecule has 0 aliphatic carbocycles. The summed E-state index contributed by atoms with van der Waals surface area (Å²) < 4.78 is 36.7. The molecule has 1 aromatic rings. The van der Waals surface area contributed by atoms with Gasteiger partial charge in [-0.15, -0.1) is 0 Å². The average molecular weight is 230 g/mol. The van der Waals surface area contributed by atoms with Crippen LogP contribution in [-0.4, -0.2) is 19.3 Å². The van der Waals surface area contributed by atoms with Crippen molar-refractivity contribution >= 4 is 0 Å². The fourth-order valence-electron chi connectivity index (χ4n) is 1.15. The summed E-state index contributed by atoms with van der Waals surface area (Å²) in [5, 5.41) is 0. The molecule has 1 aromatic carbocycles. The van der Waals surface area contributed by atoms with Gasteiger partial charge >= 0.3 is 0 Å². The largest absolute Gasteiger partial charge is 0.491 e. The van der Waals surface area contributed by atoms with E-state index in [4.69, 9.17) is 9.47 Å². The van der Waals surface area contributed by atoms with E-state index in [0.717, 1.165) is 0 Å². The summed E-state index contributed by atoms with van der Waals surface area (Å²) >= 11 is 0. The predicted octanol–water partition coefficient (Wildman–Crippen LogP) is 3.08. The number of hydrogen-bond acceptors (Lipinski definition) is 2. The Kier molecular flexibility index (Phi) is 4.68. The van der Waals surface area contributed by atoms with Crippen LogP contribution in [0, 0.1) is 18.6 Å². The Morgan fingerprint density at radius 2 is 1.69 bits per heavy atom. The first kappa shape index (κ1) is 12.9. The fraction of sp³-hybridized carbons (Fsp3) is 0.500. The molecule has 0 N–H and O–H groups in total. The van der Waals surface area contributed by atoms with Crippen molar-refractivity contribution < 1.29 is 18.3 Å². The lowest BCUT2D eigenvalue weighted by Gasteiger charge is -2.10. The maximum atomic E-state index is 13.1. The van der Waals surface area contributed by atoms with Crippen LogP contribution < -0.4 is 4.74 Å². The van der Waals surface area contributed by atoms with Gasteiger partial charge in [0.2, 0.25) is 0 Å². The molecular weight excluding hydrogens is 214 g/mol. The molecule has 90 valence electrons. The maximum Gasteiger partial charge on any atom is 0.132 e. The van der Waals surface area contributed by atoms with Crippen LogP contribution >= 0.6 is 0 Å². The Hall–Kier alpha value is -1.16. The highest BCUT2D eigenvalue weighted by molar-refractivity contribution is 5.29. The van der Waals surface area contributed by atoms with Gasteiger partial charge in [0, 0.05) is 17.7 Å². The van der Waals surface area contributed by atoms with E-state index in [1.165, 1.54) is 19.1 Å². The lowest BCUT2D eigenvalue weighted by Crippen LogP contribution is -2.11. The van der Waals surface area contributed by atoms with Crippen LogP contribution in [0.15, 0.2) is 12.1 Å². The van der Waals surface area contributed by atoms with Gasteiger partial charge in [-0.1, -0.05) is 0 Å². The number of halogens is 2. The smallest absolute Gasteiger partial charge is 0.132 e. The van der Waals surface area contributed by atoms with Crippen LogP contribution in [0.25, 0.3) is 0 Å². The minimum atomic E-state index is -0.597. The van der Waals surface area contributed by atoms with Crippen molar-refractivity contribution in [2.45, 2.75) is 26.9 Å². The van der Waals surface area contributed by atoms with Crippen LogP contribution in [0.4, 0.5) is 8.78 Å². The van der Waals surface area contributed by atoms with E-state index in [1.54, 1.807) is 0 Å². The lowest BCUT2D eigenvalue weighted by molar-refractivity contribution is 0.0551. The third-order valence-corrected chi connectivity index (χ3v) is 2.06. The van der Waals surface area contributed by atoms with Gasteiger partial charge in [-0.2, -0.15) is 0 Å². The van der Waals surface area contributed by atoms with Crippen LogP contribution in [0.1, 0.15) is 19.4 Å². The highest BCUT2D eigenvalue weighted by atomic mass is 19.1. The van der Waals surface area contributed by atoms with Gasteiger partial charge < -0.3 is 9.47 Å². The monoisotopic (exact) mass is 230 g/mol. The molecule has 0 fully saturated rings. The van der Waals surface area contributed by atoms with Crippen molar-refractivity contribution in [3.05, 3.63) is 29.3 Å². The van der Waals surface area contributed by atoms with E-state index in [1.807, 2.05) is 13.8 Å². The molecule has 0 aromatic heterocycles. The summed E-state index contributed by atoms with van der Waals surface area (Å²) in [6, 6.07) is 2.35. The molecule has 0 spiro atoms. The van der Waals surface area contributed by atoms with E-state index < -0.39 is 11.6 Å². The van der Waals surface area contributed by atoms with Crippen LogP contribution in [0.5, 0.6) is 5.75 Å². The van der Waals surface area contributed by atoms with Crippen molar-refractivity contribution in [2.24, 2.45) is 0 Å². The molecule has 2 nitrogen and oxygen atoms in total. The standard InChI is InChI=1S/C12H16F2O2/c1-8(2)15-4-5-16-10-6-11(13)9(3)12(14)7-10/h6-8H,4-5H2,1-3H3. The van der Waals surface area contributed by atoms with Gasteiger partial charge in [-0.25, -0.2) is 8.78 Å². The van der Waals surface area contributed by atoms with Gasteiger partial charge in [0.15, 0.2) is 0 Å². The van der Waals surface area contributed by atoms with E-state index in [-0.39, 0.29) is 24.0 Å². The quantitative estimate of drug-likeness (QED) is 0.724. The number of hydrogen-bond donors (Lipinski definition) is 0. The molecule has 1 rings (SSSR count). The molecular formula is C12H16F2O2. The molecule has 0 aliphatic rings. The molecule has 4 heteroatoms. The van der Waals surface area contributed by atoms with Crippen LogP contribution in [0.3, 0.4) is 0 Å². The topological polar surface area (TPSA) is 18.5 Å². The summed E-state index contributed by atoms with van der Waals surface area (Å²) in [6.07, 6.45) is 0.120. The summed E-state index contributed by atoms with van der Waals surface area (Å²) in [6.45, 7) is 5.88. The van der Waals surface area contributed by atoms with E-state index in [0.29, 0.717) is 6.61 Å². The number of rotatable bonds is 5. The summed E-state index contributed by atoms with van der Waals surface area (Å²) in [5.74, 6) is -1.01. The third kappa shape index (κ3) is 3.77. The van der Waals surface area contributed by atoms with Crippen LogP contribution in [-0.2, 0) is 4.74 Å². The zero-order valence-corrected chi connectivity index (χ0v) is 9.72. The van der Waals surface area contributed by atoms with Crippen molar-refractivity contribution in [2.75, 3.05) is 13.2 Å². The normalized spacial score (nSPS) is 10.9. The van der Waals surface area contributed by atoms with E-state index in [2.05, 4.69) is 0 Å². The molecule has 16 heavy (non-hydrogen) atoms. The Bertz CT molecular complexity index is 328. The van der Waals surface area contributed by atoms with Gasteiger partial charge in [0.1, 0.15) is 24.0 Å². The van der Waals surface area contributed by atoms with Crippen molar-refractivity contribution in [1.82, 2.24) is 0 Å². The molecule has 0 heterocycles. The van der Waals surface area contributed by atoms with Gasteiger partial charge in [-0.05, 0) is 20.8 Å². The Labute approximate surface area is 94.2 Å². The molecule has 0 saturated heterocycles. The van der Waals surface area contributed by atoms with Crippen molar-refractivity contribution in [3.63, 3.8) is 0 Å². The molecule has 0 atom stereocenters. The molecule has 0 saturated carbocycles. The minimum Gasteiger partial charge on any atom is -0.491 e. The second kappa shape index (κ2) is 5.80. The van der Waals surface area contributed by atoms with Crippen LogP contribution in [0.2, 0.25) is 0 Å². The van der Waals surface area contributed by atoms with Gasteiger partial charge in [0.05, 0.1) is 12.7 Å². The first-order chi connectivity index (χ1) is 7.50. The van der Waals surface area contributed by atoms with E-state index >= 15 is 0 Å². The first-order valence-electron chi connectivity index (χ1n) is 5.20. The highest BCUT2D eigenvalue weighted by Crippen LogP contribution is 2.19. The summed E-state index contributed by atoms with van der Waals surface area (Å²) in [7, 11) is 0. The zero-order chi connectivity index (χ0) is 12.1. The predicted molar refractivity (Wildman–Crippen MR) is 57.7 cm³/mol. The zero-order valence-electron chi connectivity index (χ0n) is 9.72. The van der Waals surface area contributed by atoms with Crippen molar-refractivity contribution in [1.29, 1.82) is 0 Å². The third-order valence-electron chi connectivity index (χ3n) is 2.06. The Morgan fingerprint density at radius 3 is 2.19 bits per heavy atom. The summed E-state index contributed by atoms with van der Waals surface area (Å²) in [4.78, 5) is 0. The second-order valence-corrected chi connectivity index (χ2v) is 3.78. The van der Waals surface area contributed by atoms with Crippen molar-refractivity contribution in [3.8, 4) is 5.75 Å². The average Bonchev–Trinajstić information content (AvgIpc) is 2.20. The fourth-order valence-corrected chi connectivity index (χ4v) is 1.15. The Balaban J connectivity index is 2.49. The minimum absolute atomic E-state index is 0.00535. The molecule has 0 bridgehead atoms. The number of benzene rings is 1. The highest BCUT2D eigenvalue weighted by Gasteiger charge is 2.07. The van der Waals surface area contributed by atoms with E-state index in [9.17, 15) is 8.78 Å². The SMILES string of the molecule is Cc1c(F)cc(OCCOC(C)C)cc1F. The number of ether oxygens (including phenoxy) is 2.